The van der Waals surface area contributed by atoms with E-state index in [1.807, 2.05) is 24.3 Å². The van der Waals surface area contributed by atoms with Gasteiger partial charge in [-0.25, -0.2) is 4.98 Å². The number of carbonyl (C=O) groups is 1. The highest BCUT2D eigenvalue weighted by molar-refractivity contribution is 6.06. The molecule has 4 N–H and O–H groups in total. The van der Waals surface area contributed by atoms with E-state index in [-0.39, 0.29) is 17.0 Å². The molecule has 1 saturated heterocycles. The van der Waals surface area contributed by atoms with E-state index in [2.05, 4.69) is 15.0 Å². The maximum Gasteiger partial charge on any atom is 0.261 e. The van der Waals surface area contributed by atoms with Gasteiger partial charge in [-0.2, -0.15) is 0 Å². The van der Waals surface area contributed by atoms with Gasteiger partial charge in [0.05, 0.1) is 35.5 Å². The first kappa shape index (κ1) is 17.4. The number of ether oxygens (including phenoxy) is 1. The van der Waals surface area contributed by atoms with Gasteiger partial charge in [0.2, 0.25) is 0 Å². The van der Waals surface area contributed by atoms with Gasteiger partial charge in [-0.3, -0.25) is 9.59 Å². The van der Waals surface area contributed by atoms with E-state index < -0.39 is 0 Å². The number of hydrogen-bond donors (Lipinski definition) is 3. The minimum atomic E-state index is -0.332. The zero-order valence-corrected chi connectivity index (χ0v) is 15.6. The number of aromatic amines is 2. The molecule has 2 aromatic heterocycles. The first-order chi connectivity index (χ1) is 14.1. The molecule has 1 amide bonds. The molecule has 5 rings (SSSR count). The van der Waals surface area contributed by atoms with Crippen LogP contribution in [0.5, 0.6) is 0 Å². The van der Waals surface area contributed by atoms with Crippen LogP contribution in [-0.4, -0.2) is 52.1 Å². The van der Waals surface area contributed by atoms with Gasteiger partial charge in [0.15, 0.2) is 0 Å². The molecule has 29 heavy (non-hydrogen) atoms. The van der Waals surface area contributed by atoms with Crippen LogP contribution in [0, 0.1) is 0 Å². The van der Waals surface area contributed by atoms with E-state index in [4.69, 9.17) is 10.5 Å². The van der Waals surface area contributed by atoms with Crippen molar-refractivity contribution in [2.75, 3.05) is 32.0 Å². The van der Waals surface area contributed by atoms with Gasteiger partial charge in [-0.15, -0.1) is 0 Å². The summed E-state index contributed by atoms with van der Waals surface area (Å²) in [6.07, 6.45) is 0. The molecular weight excluding hydrogens is 370 g/mol. The maximum atomic E-state index is 13.0. The van der Waals surface area contributed by atoms with E-state index in [1.165, 1.54) is 0 Å². The van der Waals surface area contributed by atoms with Crippen LogP contribution >= 0.6 is 0 Å². The highest BCUT2D eigenvalue weighted by Gasteiger charge is 2.23. The molecule has 0 spiro atoms. The first-order valence-corrected chi connectivity index (χ1v) is 9.40. The molecule has 0 radical (unpaired) electrons. The Kier molecular flexibility index (Phi) is 4.06. The minimum Gasteiger partial charge on any atom is -0.397 e. The third-order valence-corrected chi connectivity index (χ3v) is 5.24. The van der Waals surface area contributed by atoms with Gasteiger partial charge in [0.1, 0.15) is 16.9 Å². The van der Waals surface area contributed by atoms with E-state index in [0.717, 1.165) is 5.39 Å². The Balaban J connectivity index is 1.66. The standard InChI is InChI=1S/C21H19N5O3/c22-17-12-4-1-2-6-14(12)24-20(27)16(17)19-23-15-7-3-5-13(18(15)25-19)21(28)26-8-10-29-11-9-26/h1-7H,8-11H2,(H,23,25)(H3,22,24,27). The molecule has 4 aromatic rings. The van der Waals surface area contributed by atoms with Gasteiger partial charge in [0, 0.05) is 18.5 Å². The summed E-state index contributed by atoms with van der Waals surface area (Å²) < 4.78 is 5.33. The second kappa shape index (κ2) is 6.75. The number of nitrogens with one attached hydrogen (secondary N) is 2. The summed E-state index contributed by atoms with van der Waals surface area (Å²) in [5, 5.41) is 0.743. The summed E-state index contributed by atoms with van der Waals surface area (Å²) in [6.45, 7) is 2.14. The number of para-hydroxylation sites is 2. The maximum absolute atomic E-state index is 13.0. The van der Waals surface area contributed by atoms with Crippen molar-refractivity contribution in [2.45, 2.75) is 0 Å². The monoisotopic (exact) mass is 389 g/mol. The van der Waals surface area contributed by atoms with Crippen LogP contribution in [0.2, 0.25) is 0 Å². The Labute approximate surface area is 165 Å². The fourth-order valence-corrected chi connectivity index (χ4v) is 3.76. The van der Waals surface area contributed by atoms with Gasteiger partial charge >= 0.3 is 0 Å². The third-order valence-electron chi connectivity index (χ3n) is 5.24. The quantitative estimate of drug-likeness (QED) is 0.485. The second-order valence-corrected chi connectivity index (χ2v) is 6.98. The van der Waals surface area contributed by atoms with Crippen molar-refractivity contribution >= 4 is 33.5 Å². The van der Waals surface area contributed by atoms with E-state index in [9.17, 15) is 9.59 Å². The summed E-state index contributed by atoms with van der Waals surface area (Å²) in [4.78, 5) is 38.0. The number of anilines is 1. The van der Waals surface area contributed by atoms with Crippen LogP contribution in [-0.2, 0) is 4.74 Å². The molecule has 0 atom stereocenters. The van der Waals surface area contributed by atoms with E-state index in [1.54, 1.807) is 23.1 Å². The lowest BCUT2D eigenvalue weighted by Gasteiger charge is -2.26. The molecule has 8 nitrogen and oxygen atoms in total. The van der Waals surface area contributed by atoms with Crippen LogP contribution in [0.3, 0.4) is 0 Å². The third kappa shape index (κ3) is 2.85. The normalized spacial score (nSPS) is 14.6. The average molecular weight is 389 g/mol. The van der Waals surface area contributed by atoms with Gasteiger partial charge in [-0.1, -0.05) is 24.3 Å². The average Bonchev–Trinajstić information content (AvgIpc) is 3.17. The molecular formula is C21H19N5O3. The van der Waals surface area contributed by atoms with Gasteiger partial charge in [0.25, 0.3) is 11.5 Å². The van der Waals surface area contributed by atoms with Crippen molar-refractivity contribution in [1.82, 2.24) is 19.9 Å². The lowest BCUT2D eigenvalue weighted by atomic mass is 10.1. The van der Waals surface area contributed by atoms with Crippen LogP contribution in [0.4, 0.5) is 5.69 Å². The van der Waals surface area contributed by atoms with Gasteiger partial charge < -0.3 is 25.3 Å². The summed E-state index contributed by atoms with van der Waals surface area (Å²) in [6, 6.07) is 12.7. The number of benzene rings is 2. The molecule has 3 heterocycles. The lowest BCUT2D eigenvalue weighted by molar-refractivity contribution is 0.0304. The number of hydrogen-bond acceptors (Lipinski definition) is 5. The number of carbonyl (C=O) groups excluding carboxylic acids is 1. The summed E-state index contributed by atoms with van der Waals surface area (Å²) in [5.74, 6) is 0.240. The number of H-pyrrole nitrogens is 2. The van der Waals surface area contributed by atoms with Gasteiger partial charge in [-0.05, 0) is 18.2 Å². The summed E-state index contributed by atoms with van der Waals surface area (Å²) in [5.41, 5.74) is 8.95. The van der Waals surface area contributed by atoms with Crippen molar-refractivity contribution < 1.29 is 9.53 Å². The Hall–Kier alpha value is -3.65. The Morgan fingerprint density at radius 3 is 2.62 bits per heavy atom. The molecule has 0 bridgehead atoms. The fraction of sp³-hybridized carbons (Fsp3) is 0.190. The van der Waals surface area contributed by atoms with Crippen molar-refractivity contribution in [2.24, 2.45) is 0 Å². The van der Waals surface area contributed by atoms with Crippen LogP contribution in [0.25, 0.3) is 33.3 Å². The van der Waals surface area contributed by atoms with Crippen LogP contribution in [0.1, 0.15) is 10.4 Å². The Bertz CT molecular complexity index is 1300. The predicted octanol–water partition coefficient (Wildman–Crippen LogP) is 2.13. The number of rotatable bonds is 2. The molecule has 1 fully saturated rings. The Morgan fingerprint density at radius 1 is 1.03 bits per heavy atom. The number of aromatic nitrogens is 3. The second-order valence-electron chi connectivity index (χ2n) is 6.98. The number of nitrogen functional groups attached to an aromatic ring is 1. The molecule has 1 aliphatic heterocycles. The number of morpholine rings is 1. The van der Waals surface area contributed by atoms with Crippen molar-refractivity contribution in [1.29, 1.82) is 0 Å². The molecule has 0 saturated carbocycles. The van der Waals surface area contributed by atoms with E-state index in [0.29, 0.717) is 59.9 Å². The van der Waals surface area contributed by atoms with E-state index >= 15 is 0 Å². The molecule has 146 valence electrons. The van der Waals surface area contributed by atoms with Crippen molar-refractivity contribution in [3.05, 3.63) is 58.4 Å². The lowest BCUT2D eigenvalue weighted by Crippen LogP contribution is -2.40. The zero-order chi connectivity index (χ0) is 20.0. The summed E-state index contributed by atoms with van der Waals surface area (Å²) >= 11 is 0. The number of nitrogens with two attached hydrogens (primary N) is 1. The minimum absolute atomic E-state index is 0.0997. The zero-order valence-electron chi connectivity index (χ0n) is 15.6. The molecule has 0 aliphatic carbocycles. The van der Waals surface area contributed by atoms with Crippen LogP contribution < -0.4 is 11.3 Å². The highest BCUT2D eigenvalue weighted by atomic mass is 16.5. The molecule has 1 aliphatic rings. The van der Waals surface area contributed by atoms with Crippen LogP contribution in [0.15, 0.2) is 47.3 Å². The highest BCUT2D eigenvalue weighted by Crippen LogP contribution is 2.29. The molecule has 0 unspecified atom stereocenters. The predicted molar refractivity (Wildman–Crippen MR) is 111 cm³/mol. The number of imidazole rings is 1. The largest absolute Gasteiger partial charge is 0.397 e. The number of nitrogens with zero attached hydrogens (tertiary/aromatic N) is 2. The molecule has 2 aromatic carbocycles. The smallest absolute Gasteiger partial charge is 0.261 e. The topological polar surface area (TPSA) is 117 Å². The number of fused-ring (bicyclic) bond motifs is 2. The number of amides is 1. The van der Waals surface area contributed by atoms with Crippen molar-refractivity contribution in [3.63, 3.8) is 0 Å². The SMILES string of the molecule is Nc1c(-c2nc3c(C(=O)N4CCOCC4)cccc3[nH]2)c(=O)[nH]c2ccccc12. The fourth-order valence-electron chi connectivity index (χ4n) is 3.76. The van der Waals surface area contributed by atoms with Crippen molar-refractivity contribution in [3.8, 4) is 11.4 Å². The Morgan fingerprint density at radius 2 is 1.79 bits per heavy atom. The first-order valence-electron chi connectivity index (χ1n) is 9.40. The number of pyridine rings is 1. The summed E-state index contributed by atoms with van der Waals surface area (Å²) in [7, 11) is 0. The molecule has 8 heteroatoms.